The summed E-state index contributed by atoms with van der Waals surface area (Å²) in [6, 6.07) is 3.20. The molecule has 1 saturated heterocycles. The lowest BCUT2D eigenvalue weighted by molar-refractivity contribution is 0.0702. The number of sulfonamides is 1. The van der Waals surface area contributed by atoms with Crippen LogP contribution in [0.2, 0.25) is 0 Å². The molecule has 1 aromatic heterocycles. The third kappa shape index (κ3) is 4.26. The Hall–Kier alpha value is -0.990. The minimum absolute atomic E-state index is 0.120. The summed E-state index contributed by atoms with van der Waals surface area (Å²) < 4.78 is 25.7. The molecule has 1 unspecified atom stereocenters. The molecule has 8 heteroatoms. The molecule has 1 aromatic rings. The standard InChI is InChI=1S/C12H16BrN3O3S/c1-20(18,19)15-10-3-2-6-16(8-10)12(17)9-4-5-11(13)14-7-9/h4-5,7,10,15H,2-3,6,8H2,1H3. The van der Waals surface area contributed by atoms with Crippen molar-refractivity contribution >= 4 is 31.9 Å². The van der Waals surface area contributed by atoms with Gasteiger partial charge in [-0.05, 0) is 40.9 Å². The van der Waals surface area contributed by atoms with Crippen molar-refractivity contribution in [1.29, 1.82) is 0 Å². The number of piperidine rings is 1. The van der Waals surface area contributed by atoms with E-state index in [1.54, 1.807) is 17.0 Å². The van der Waals surface area contributed by atoms with Gasteiger partial charge in [0.25, 0.3) is 5.91 Å². The van der Waals surface area contributed by atoms with Gasteiger partial charge in [-0.15, -0.1) is 0 Å². The molecule has 1 fully saturated rings. The first-order valence-corrected chi connectivity index (χ1v) is 8.92. The zero-order valence-corrected chi connectivity index (χ0v) is 13.4. The Bertz CT molecular complexity index is 588. The maximum absolute atomic E-state index is 12.3. The number of hydrogen-bond donors (Lipinski definition) is 1. The van der Waals surface area contributed by atoms with E-state index >= 15 is 0 Å². The van der Waals surface area contributed by atoms with Gasteiger partial charge in [0.15, 0.2) is 0 Å². The molecule has 2 rings (SSSR count). The van der Waals surface area contributed by atoms with Crippen LogP contribution in [0, 0.1) is 0 Å². The molecular weight excluding hydrogens is 346 g/mol. The van der Waals surface area contributed by atoms with E-state index in [0.717, 1.165) is 19.1 Å². The summed E-state index contributed by atoms with van der Waals surface area (Å²) in [5.41, 5.74) is 0.508. The highest BCUT2D eigenvalue weighted by molar-refractivity contribution is 9.10. The summed E-state index contributed by atoms with van der Waals surface area (Å²) in [6.45, 7) is 1.03. The maximum atomic E-state index is 12.3. The summed E-state index contributed by atoms with van der Waals surface area (Å²) >= 11 is 3.22. The van der Waals surface area contributed by atoms with Crippen LogP contribution in [0.15, 0.2) is 22.9 Å². The van der Waals surface area contributed by atoms with Gasteiger partial charge in [-0.3, -0.25) is 4.79 Å². The van der Waals surface area contributed by atoms with Gasteiger partial charge in [-0.2, -0.15) is 0 Å². The summed E-state index contributed by atoms with van der Waals surface area (Å²) in [7, 11) is -3.25. The Balaban J connectivity index is 2.05. The van der Waals surface area contributed by atoms with Crippen LogP contribution in [0.4, 0.5) is 0 Å². The fourth-order valence-corrected chi connectivity index (χ4v) is 3.28. The lowest BCUT2D eigenvalue weighted by Crippen LogP contribution is -2.49. The van der Waals surface area contributed by atoms with Gasteiger partial charge in [0.05, 0.1) is 11.8 Å². The molecule has 6 nitrogen and oxygen atoms in total. The summed E-state index contributed by atoms with van der Waals surface area (Å²) in [5.74, 6) is -0.120. The summed E-state index contributed by atoms with van der Waals surface area (Å²) in [5, 5.41) is 0. The number of amides is 1. The lowest BCUT2D eigenvalue weighted by Gasteiger charge is -2.32. The fraction of sp³-hybridized carbons (Fsp3) is 0.500. The monoisotopic (exact) mass is 361 g/mol. The highest BCUT2D eigenvalue weighted by Gasteiger charge is 2.26. The molecule has 0 saturated carbocycles. The molecule has 1 N–H and O–H groups in total. The number of nitrogens with one attached hydrogen (secondary N) is 1. The molecule has 0 bridgehead atoms. The molecule has 20 heavy (non-hydrogen) atoms. The number of hydrogen-bond acceptors (Lipinski definition) is 4. The molecule has 0 aliphatic carbocycles. The molecule has 2 heterocycles. The zero-order chi connectivity index (χ0) is 14.8. The smallest absolute Gasteiger partial charge is 0.255 e. The third-order valence-corrected chi connectivity index (χ3v) is 4.29. The Labute approximate surface area is 126 Å². The average Bonchev–Trinajstić information content (AvgIpc) is 2.37. The Morgan fingerprint density at radius 2 is 2.25 bits per heavy atom. The van der Waals surface area contributed by atoms with Gasteiger partial charge in [0.2, 0.25) is 10.0 Å². The minimum atomic E-state index is -3.25. The lowest BCUT2D eigenvalue weighted by atomic mass is 10.1. The van der Waals surface area contributed by atoms with Crippen molar-refractivity contribution in [3.8, 4) is 0 Å². The maximum Gasteiger partial charge on any atom is 0.255 e. The van der Waals surface area contributed by atoms with Crippen LogP contribution in [0.1, 0.15) is 23.2 Å². The molecule has 1 amide bonds. The van der Waals surface area contributed by atoms with Crippen molar-refractivity contribution in [1.82, 2.24) is 14.6 Å². The van der Waals surface area contributed by atoms with Crippen molar-refractivity contribution in [2.75, 3.05) is 19.3 Å². The van der Waals surface area contributed by atoms with Crippen molar-refractivity contribution in [3.63, 3.8) is 0 Å². The van der Waals surface area contributed by atoms with E-state index in [2.05, 4.69) is 25.6 Å². The van der Waals surface area contributed by atoms with Crippen LogP contribution in [0.3, 0.4) is 0 Å². The molecule has 110 valence electrons. The van der Waals surface area contributed by atoms with Gasteiger partial charge < -0.3 is 4.90 Å². The van der Waals surface area contributed by atoms with Gasteiger partial charge in [0, 0.05) is 25.3 Å². The second kappa shape index (κ2) is 6.19. The van der Waals surface area contributed by atoms with Crippen molar-refractivity contribution in [2.45, 2.75) is 18.9 Å². The van der Waals surface area contributed by atoms with Crippen LogP contribution in [0.5, 0.6) is 0 Å². The van der Waals surface area contributed by atoms with Crippen molar-refractivity contribution in [2.24, 2.45) is 0 Å². The number of carbonyl (C=O) groups is 1. The molecule has 0 radical (unpaired) electrons. The van der Waals surface area contributed by atoms with Gasteiger partial charge in [0.1, 0.15) is 4.60 Å². The molecule has 1 atom stereocenters. The van der Waals surface area contributed by atoms with Gasteiger partial charge >= 0.3 is 0 Å². The van der Waals surface area contributed by atoms with Crippen molar-refractivity contribution < 1.29 is 13.2 Å². The number of pyridine rings is 1. The van der Waals surface area contributed by atoms with Gasteiger partial charge in [-0.25, -0.2) is 18.1 Å². The Morgan fingerprint density at radius 3 is 2.85 bits per heavy atom. The van der Waals surface area contributed by atoms with E-state index in [1.807, 2.05) is 0 Å². The first-order chi connectivity index (χ1) is 9.35. The predicted octanol–water partition coefficient (Wildman–Crippen LogP) is 0.998. The minimum Gasteiger partial charge on any atom is -0.337 e. The highest BCUT2D eigenvalue weighted by Crippen LogP contribution is 2.15. The SMILES string of the molecule is CS(=O)(=O)NC1CCCN(C(=O)c2ccc(Br)nc2)C1. The molecule has 1 aliphatic rings. The third-order valence-electron chi connectivity index (χ3n) is 3.06. The van der Waals surface area contributed by atoms with Crippen LogP contribution >= 0.6 is 15.9 Å². The molecule has 1 aliphatic heterocycles. The van der Waals surface area contributed by atoms with Crippen LogP contribution in [0.25, 0.3) is 0 Å². The summed E-state index contributed by atoms with van der Waals surface area (Å²) in [6.07, 6.45) is 4.17. The number of aromatic nitrogens is 1. The molecule has 0 aromatic carbocycles. The zero-order valence-electron chi connectivity index (χ0n) is 11.0. The van der Waals surface area contributed by atoms with Gasteiger partial charge in [-0.1, -0.05) is 0 Å². The highest BCUT2D eigenvalue weighted by atomic mass is 79.9. The van der Waals surface area contributed by atoms with E-state index in [-0.39, 0.29) is 11.9 Å². The average molecular weight is 362 g/mol. The normalized spacial score (nSPS) is 19.9. The van der Waals surface area contributed by atoms with E-state index < -0.39 is 10.0 Å². The summed E-state index contributed by atoms with van der Waals surface area (Å²) in [4.78, 5) is 18.0. The number of carbonyl (C=O) groups excluding carboxylic acids is 1. The number of likely N-dealkylation sites (tertiary alicyclic amines) is 1. The second-order valence-electron chi connectivity index (χ2n) is 4.85. The fourth-order valence-electron chi connectivity index (χ4n) is 2.25. The molecule has 0 spiro atoms. The predicted molar refractivity (Wildman–Crippen MR) is 78.8 cm³/mol. The second-order valence-corrected chi connectivity index (χ2v) is 7.44. The topological polar surface area (TPSA) is 79.4 Å². The van der Waals surface area contributed by atoms with E-state index in [1.165, 1.54) is 6.20 Å². The van der Waals surface area contributed by atoms with Crippen LogP contribution in [-0.2, 0) is 10.0 Å². The largest absolute Gasteiger partial charge is 0.337 e. The number of halogens is 1. The van der Waals surface area contributed by atoms with E-state index in [9.17, 15) is 13.2 Å². The van der Waals surface area contributed by atoms with E-state index in [0.29, 0.717) is 23.3 Å². The first kappa shape index (κ1) is 15.4. The molecular formula is C12H16BrN3O3S. The Kier molecular flexibility index (Phi) is 4.77. The first-order valence-electron chi connectivity index (χ1n) is 6.23. The number of nitrogens with zero attached hydrogens (tertiary/aromatic N) is 2. The van der Waals surface area contributed by atoms with Crippen LogP contribution < -0.4 is 4.72 Å². The van der Waals surface area contributed by atoms with Crippen LogP contribution in [-0.4, -0.2) is 49.6 Å². The number of rotatable bonds is 3. The quantitative estimate of drug-likeness (QED) is 0.814. The Morgan fingerprint density at radius 1 is 1.50 bits per heavy atom. The van der Waals surface area contributed by atoms with Crippen molar-refractivity contribution in [3.05, 3.63) is 28.5 Å². The van der Waals surface area contributed by atoms with E-state index in [4.69, 9.17) is 0 Å².